The maximum atomic E-state index is 12.3. The molecular formula is C19H22N4O5. The van der Waals surface area contributed by atoms with Crippen LogP contribution < -0.4 is 11.1 Å². The average molecular weight is 386 g/mol. The molecule has 0 saturated heterocycles. The normalized spacial score (nSPS) is 12.3. The van der Waals surface area contributed by atoms with Crippen molar-refractivity contribution in [3.63, 3.8) is 0 Å². The second-order valence-electron chi connectivity index (χ2n) is 6.61. The number of nitrogens with one attached hydrogen (secondary N) is 1. The molecule has 148 valence electrons. The van der Waals surface area contributed by atoms with Crippen molar-refractivity contribution >= 4 is 28.8 Å². The van der Waals surface area contributed by atoms with Gasteiger partial charge in [-0.1, -0.05) is 12.1 Å². The number of aromatic nitrogens is 3. The van der Waals surface area contributed by atoms with E-state index < -0.39 is 23.7 Å². The summed E-state index contributed by atoms with van der Waals surface area (Å²) >= 11 is 0. The van der Waals surface area contributed by atoms with Crippen LogP contribution in [-0.4, -0.2) is 32.3 Å². The first kappa shape index (κ1) is 19.4. The van der Waals surface area contributed by atoms with Crippen molar-refractivity contribution in [2.45, 2.75) is 45.9 Å². The standard InChI is InChI=1S/C19H22N4O5/c1-12(2)23-16(8-10-20-23)21-18(25)13(3)27-17(24)9-11-22-14-6-4-5-7-15(14)28-19(22)26/h4-8,10,12-13H,9,11H2,1-3H3,(H,21,25)/t13-/m1/s1. The number of esters is 1. The third-order valence-electron chi connectivity index (χ3n) is 4.20. The van der Waals surface area contributed by atoms with E-state index in [4.69, 9.17) is 9.15 Å². The monoisotopic (exact) mass is 386 g/mol. The van der Waals surface area contributed by atoms with Gasteiger partial charge < -0.3 is 14.5 Å². The van der Waals surface area contributed by atoms with Crippen LogP contribution >= 0.6 is 0 Å². The smallest absolute Gasteiger partial charge is 0.419 e. The second-order valence-corrected chi connectivity index (χ2v) is 6.61. The van der Waals surface area contributed by atoms with Crippen molar-refractivity contribution < 1.29 is 18.7 Å². The topological polar surface area (TPSA) is 108 Å². The van der Waals surface area contributed by atoms with Crippen molar-refractivity contribution in [3.05, 3.63) is 47.1 Å². The Balaban J connectivity index is 1.56. The number of oxazole rings is 1. The molecular weight excluding hydrogens is 364 g/mol. The Morgan fingerprint density at radius 1 is 1.21 bits per heavy atom. The fourth-order valence-electron chi connectivity index (χ4n) is 2.79. The molecule has 1 amide bonds. The molecule has 0 fully saturated rings. The molecule has 0 aliphatic heterocycles. The lowest BCUT2D eigenvalue weighted by Crippen LogP contribution is -2.31. The highest BCUT2D eigenvalue weighted by Gasteiger charge is 2.20. The van der Waals surface area contributed by atoms with Gasteiger partial charge in [-0.25, -0.2) is 9.48 Å². The SMILES string of the molecule is CC(C)n1nccc1NC(=O)[C@@H](C)OC(=O)CCn1c(=O)oc2ccccc21. The predicted octanol–water partition coefficient (Wildman–Crippen LogP) is 2.33. The first-order valence-electron chi connectivity index (χ1n) is 8.99. The van der Waals surface area contributed by atoms with Gasteiger partial charge in [0.1, 0.15) is 5.82 Å². The van der Waals surface area contributed by atoms with Crippen LogP contribution in [0.1, 0.15) is 33.2 Å². The van der Waals surface area contributed by atoms with E-state index in [1.165, 1.54) is 11.5 Å². The van der Waals surface area contributed by atoms with Crippen LogP contribution in [0.15, 0.2) is 45.7 Å². The molecule has 0 radical (unpaired) electrons. The summed E-state index contributed by atoms with van der Waals surface area (Å²) in [6, 6.07) is 8.70. The molecule has 3 aromatic rings. The minimum atomic E-state index is -0.985. The number of benzene rings is 1. The minimum absolute atomic E-state index is 0.0645. The number of carbonyl (C=O) groups excluding carboxylic acids is 2. The number of para-hydroxylation sites is 2. The van der Waals surface area contributed by atoms with Gasteiger partial charge in [-0.3, -0.25) is 14.2 Å². The summed E-state index contributed by atoms with van der Waals surface area (Å²) in [6.07, 6.45) is 0.533. The molecule has 1 N–H and O–H groups in total. The molecule has 0 aliphatic carbocycles. The lowest BCUT2D eigenvalue weighted by atomic mass is 10.3. The predicted molar refractivity (Wildman–Crippen MR) is 102 cm³/mol. The lowest BCUT2D eigenvalue weighted by Gasteiger charge is -2.15. The molecule has 1 atom stereocenters. The summed E-state index contributed by atoms with van der Waals surface area (Å²) < 4.78 is 13.3. The van der Waals surface area contributed by atoms with E-state index in [9.17, 15) is 14.4 Å². The molecule has 2 heterocycles. The molecule has 3 rings (SSSR count). The molecule has 0 bridgehead atoms. The van der Waals surface area contributed by atoms with E-state index in [2.05, 4.69) is 10.4 Å². The van der Waals surface area contributed by atoms with E-state index in [0.717, 1.165) is 0 Å². The molecule has 2 aromatic heterocycles. The quantitative estimate of drug-likeness (QED) is 0.624. The number of nitrogens with zero attached hydrogens (tertiary/aromatic N) is 3. The highest BCUT2D eigenvalue weighted by atomic mass is 16.5. The van der Waals surface area contributed by atoms with Crippen LogP contribution in [0, 0.1) is 0 Å². The Morgan fingerprint density at radius 3 is 2.71 bits per heavy atom. The van der Waals surface area contributed by atoms with Crippen molar-refractivity contribution in [1.29, 1.82) is 0 Å². The van der Waals surface area contributed by atoms with Gasteiger partial charge in [0, 0.05) is 18.7 Å². The largest absolute Gasteiger partial charge is 0.452 e. The molecule has 0 saturated carbocycles. The van der Waals surface area contributed by atoms with Gasteiger partial charge in [-0.15, -0.1) is 0 Å². The highest BCUT2D eigenvalue weighted by molar-refractivity contribution is 5.94. The van der Waals surface area contributed by atoms with Gasteiger partial charge in [0.25, 0.3) is 5.91 Å². The zero-order chi connectivity index (χ0) is 20.3. The second kappa shape index (κ2) is 8.12. The van der Waals surface area contributed by atoms with Crippen LogP contribution in [0.25, 0.3) is 11.1 Å². The number of amides is 1. The Labute approximate surface area is 160 Å². The Morgan fingerprint density at radius 2 is 1.96 bits per heavy atom. The van der Waals surface area contributed by atoms with E-state index in [0.29, 0.717) is 16.9 Å². The van der Waals surface area contributed by atoms with Gasteiger partial charge in [0.15, 0.2) is 11.7 Å². The molecule has 9 nitrogen and oxygen atoms in total. The van der Waals surface area contributed by atoms with Crippen molar-refractivity contribution in [1.82, 2.24) is 14.3 Å². The van der Waals surface area contributed by atoms with E-state index in [-0.39, 0.29) is 19.0 Å². The summed E-state index contributed by atoms with van der Waals surface area (Å²) in [7, 11) is 0. The minimum Gasteiger partial charge on any atom is -0.452 e. The van der Waals surface area contributed by atoms with Crippen LogP contribution in [0.2, 0.25) is 0 Å². The number of hydrogen-bond acceptors (Lipinski definition) is 6. The average Bonchev–Trinajstić information content (AvgIpc) is 3.23. The molecule has 0 unspecified atom stereocenters. The Kier molecular flexibility index (Phi) is 5.62. The van der Waals surface area contributed by atoms with Gasteiger partial charge >= 0.3 is 11.7 Å². The van der Waals surface area contributed by atoms with Gasteiger partial charge in [-0.05, 0) is 32.9 Å². The lowest BCUT2D eigenvalue weighted by molar-refractivity contribution is -0.153. The number of hydrogen-bond donors (Lipinski definition) is 1. The fourth-order valence-corrected chi connectivity index (χ4v) is 2.79. The third kappa shape index (κ3) is 4.13. The molecule has 0 aliphatic rings. The zero-order valence-electron chi connectivity index (χ0n) is 15.9. The zero-order valence-corrected chi connectivity index (χ0v) is 15.9. The number of aryl methyl sites for hydroxylation is 1. The van der Waals surface area contributed by atoms with E-state index >= 15 is 0 Å². The summed E-state index contributed by atoms with van der Waals surface area (Å²) in [5.41, 5.74) is 1.06. The maximum absolute atomic E-state index is 12.3. The highest BCUT2D eigenvalue weighted by Crippen LogP contribution is 2.14. The van der Waals surface area contributed by atoms with Crippen LogP contribution in [0.5, 0.6) is 0 Å². The molecule has 0 spiro atoms. The number of fused-ring (bicyclic) bond motifs is 1. The Bertz CT molecular complexity index is 1050. The van der Waals surface area contributed by atoms with Gasteiger partial charge in [-0.2, -0.15) is 5.10 Å². The number of carbonyl (C=O) groups is 2. The summed E-state index contributed by atoms with van der Waals surface area (Å²) in [4.78, 5) is 36.3. The van der Waals surface area contributed by atoms with Crippen molar-refractivity contribution in [2.24, 2.45) is 0 Å². The number of anilines is 1. The first-order chi connectivity index (χ1) is 13.4. The number of rotatable bonds is 7. The third-order valence-corrected chi connectivity index (χ3v) is 4.20. The molecule has 28 heavy (non-hydrogen) atoms. The van der Waals surface area contributed by atoms with Crippen LogP contribution in [0.4, 0.5) is 5.82 Å². The summed E-state index contributed by atoms with van der Waals surface area (Å²) in [5.74, 6) is -1.06. The van der Waals surface area contributed by atoms with Gasteiger partial charge in [0.05, 0.1) is 18.1 Å². The van der Waals surface area contributed by atoms with E-state index in [1.54, 1.807) is 41.2 Å². The molecule has 9 heteroatoms. The van der Waals surface area contributed by atoms with Crippen LogP contribution in [-0.2, 0) is 20.9 Å². The van der Waals surface area contributed by atoms with Gasteiger partial charge in [0.2, 0.25) is 0 Å². The summed E-state index contributed by atoms with van der Waals surface area (Å²) in [6.45, 7) is 5.47. The van der Waals surface area contributed by atoms with E-state index in [1.807, 2.05) is 13.8 Å². The fraction of sp³-hybridized carbons (Fsp3) is 0.368. The molecule has 1 aromatic carbocycles. The Hall–Kier alpha value is -3.36. The maximum Gasteiger partial charge on any atom is 0.419 e. The van der Waals surface area contributed by atoms with Crippen molar-refractivity contribution in [2.75, 3.05) is 5.32 Å². The summed E-state index contributed by atoms with van der Waals surface area (Å²) in [5, 5.41) is 6.83. The van der Waals surface area contributed by atoms with Crippen LogP contribution in [0.3, 0.4) is 0 Å². The number of ether oxygens (including phenoxy) is 1. The first-order valence-corrected chi connectivity index (χ1v) is 8.99. The van der Waals surface area contributed by atoms with Crippen molar-refractivity contribution in [3.8, 4) is 0 Å².